The Kier molecular flexibility index (Phi) is 5.58. The molecule has 3 heterocycles. The van der Waals surface area contributed by atoms with Gasteiger partial charge in [0.15, 0.2) is 5.82 Å². The smallest absolute Gasteiger partial charge is 0.253 e. The molecule has 7 nitrogen and oxygen atoms in total. The lowest BCUT2D eigenvalue weighted by molar-refractivity contribution is -0.124. The van der Waals surface area contributed by atoms with Crippen molar-refractivity contribution in [2.75, 3.05) is 17.2 Å². The van der Waals surface area contributed by atoms with E-state index in [4.69, 9.17) is 14.7 Å². The molecule has 1 aliphatic heterocycles. The fraction of sp³-hybridized carbons (Fsp3) is 0.333. The molecule has 1 fully saturated rings. The minimum atomic E-state index is -0.337. The number of aryl methyl sites for hydroxylation is 1. The Morgan fingerprint density at radius 3 is 2.94 bits per heavy atom. The van der Waals surface area contributed by atoms with Crippen LogP contribution in [0.1, 0.15) is 36.1 Å². The van der Waals surface area contributed by atoms with E-state index in [9.17, 15) is 4.79 Å². The first-order valence-electron chi connectivity index (χ1n) is 10.8. The zero-order chi connectivity index (χ0) is 21.0. The molecule has 1 saturated heterocycles. The Labute approximate surface area is 181 Å². The van der Waals surface area contributed by atoms with Crippen molar-refractivity contribution in [2.24, 2.45) is 0 Å². The highest BCUT2D eigenvalue weighted by atomic mass is 16.5. The lowest BCUT2D eigenvalue weighted by atomic mass is 10.1. The summed E-state index contributed by atoms with van der Waals surface area (Å²) in [6.45, 7) is 1.27. The molecular weight excluding hydrogens is 390 g/mol. The number of aromatic nitrogens is 3. The number of rotatable bonds is 6. The maximum atomic E-state index is 12.3. The first kappa shape index (κ1) is 19.6. The summed E-state index contributed by atoms with van der Waals surface area (Å²) in [4.78, 5) is 26.1. The van der Waals surface area contributed by atoms with Crippen molar-refractivity contribution in [3.8, 4) is 11.4 Å². The Bertz CT molecular complexity index is 1080. The van der Waals surface area contributed by atoms with Crippen molar-refractivity contribution in [3.05, 3.63) is 65.6 Å². The van der Waals surface area contributed by atoms with E-state index in [-0.39, 0.29) is 12.0 Å². The van der Waals surface area contributed by atoms with E-state index in [1.165, 1.54) is 5.56 Å². The second-order valence-corrected chi connectivity index (χ2v) is 7.96. The lowest BCUT2D eigenvalue weighted by Gasteiger charge is -2.14. The van der Waals surface area contributed by atoms with E-state index in [1.54, 1.807) is 12.4 Å². The van der Waals surface area contributed by atoms with Gasteiger partial charge in [0, 0.05) is 48.1 Å². The van der Waals surface area contributed by atoms with Crippen LogP contribution in [0.2, 0.25) is 0 Å². The Morgan fingerprint density at radius 2 is 2.10 bits per heavy atom. The predicted molar refractivity (Wildman–Crippen MR) is 119 cm³/mol. The summed E-state index contributed by atoms with van der Waals surface area (Å²) in [6, 6.07) is 11.8. The van der Waals surface area contributed by atoms with E-state index >= 15 is 0 Å². The third-order valence-corrected chi connectivity index (χ3v) is 5.73. The van der Waals surface area contributed by atoms with Crippen molar-refractivity contribution in [1.82, 2.24) is 15.0 Å². The summed E-state index contributed by atoms with van der Waals surface area (Å²) in [5.74, 6) is 1.52. The number of hydrogen-bond acceptors (Lipinski definition) is 6. The average Bonchev–Trinajstić information content (AvgIpc) is 3.50. The van der Waals surface area contributed by atoms with E-state index in [1.807, 2.05) is 36.4 Å². The molecule has 7 heteroatoms. The number of benzene rings is 1. The van der Waals surface area contributed by atoms with Crippen LogP contribution >= 0.6 is 0 Å². The number of carbonyl (C=O) groups is 1. The number of carbonyl (C=O) groups excluding carboxylic acids is 1. The Morgan fingerprint density at radius 1 is 1.13 bits per heavy atom. The molecule has 0 radical (unpaired) electrons. The Balaban J connectivity index is 1.32. The van der Waals surface area contributed by atoms with Gasteiger partial charge in [-0.3, -0.25) is 9.78 Å². The molecule has 1 atom stereocenters. The van der Waals surface area contributed by atoms with Crippen molar-refractivity contribution in [2.45, 2.75) is 44.8 Å². The SMILES string of the molecule is O=C(Nc1cccc(CNc2nc(-c3cccnc3)nc3c2CCC3)c1)C1CCCO1. The quantitative estimate of drug-likeness (QED) is 0.637. The molecular formula is C24H25N5O2. The molecule has 5 rings (SSSR count). The van der Waals surface area contributed by atoms with Gasteiger partial charge in [-0.1, -0.05) is 12.1 Å². The van der Waals surface area contributed by atoms with E-state index in [2.05, 4.69) is 15.6 Å². The largest absolute Gasteiger partial charge is 0.368 e. The normalized spacial score (nSPS) is 17.4. The van der Waals surface area contributed by atoms with Crippen molar-refractivity contribution >= 4 is 17.4 Å². The number of nitrogens with zero attached hydrogens (tertiary/aromatic N) is 3. The summed E-state index contributed by atoms with van der Waals surface area (Å²) in [5, 5.41) is 6.47. The van der Waals surface area contributed by atoms with Gasteiger partial charge in [-0.25, -0.2) is 9.97 Å². The van der Waals surface area contributed by atoms with Crippen molar-refractivity contribution in [1.29, 1.82) is 0 Å². The molecule has 2 aromatic heterocycles. The van der Waals surface area contributed by atoms with Gasteiger partial charge in [0.25, 0.3) is 5.91 Å². The average molecular weight is 415 g/mol. The van der Waals surface area contributed by atoms with Crippen LogP contribution in [-0.2, 0) is 28.9 Å². The molecule has 3 aromatic rings. The number of ether oxygens (including phenoxy) is 1. The summed E-state index contributed by atoms with van der Waals surface area (Å²) in [5.41, 5.74) is 5.09. The molecule has 2 N–H and O–H groups in total. The maximum Gasteiger partial charge on any atom is 0.253 e. The van der Waals surface area contributed by atoms with E-state index in [0.29, 0.717) is 19.0 Å². The fourth-order valence-electron chi connectivity index (χ4n) is 4.15. The third kappa shape index (κ3) is 4.41. The maximum absolute atomic E-state index is 12.3. The summed E-state index contributed by atoms with van der Waals surface area (Å²) >= 11 is 0. The second-order valence-electron chi connectivity index (χ2n) is 7.96. The third-order valence-electron chi connectivity index (χ3n) is 5.73. The monoisotopic (exact) mass is 415 g/mol. The summed E-state index contributed by atoms with van der Waals surface area (Å²) < 4.78 is 5.47. The van der Waals surface area contributed by atoms with Crippen LogP contribution in [0.25, 0.3) is 11.4 Å². The van der Waals surface area contributed by atoms with E-state index in [0.717, 1.165) is 60.4 Å². The van der Waals surface area contributed by atoms with Gasteiger partial charge in [0.1, 0.15) is 11.9 Å². The van der Waals surface area contributed by atoms with Crippen LogP contribution in [0.5, 0.6) is 0 Å². The van der Waals surface area contributed by atoms with Gasteiger partial charge in [0.2, 0.25) is 0 Å². The first-order chi connectivity index (χ1) is 15.3. The molecule has 1 unspecified atom stereocenters. The van der Waals surface area contributed by atoms with Crippen molar-refractivity contribution < 1.29 is 9.53 Å². The zero-order valence-electron chi connectivity index (χ0n) is 17.3. The van der Waals surface area contributed by atoms with Crippen molar-refractivity contribution in [3.63, 3.8) is 0 Å². The molecule has 158 valence electrons. The summed E-state index contributed by atoms with van der Waals surface area (Å²) in [6.07, 6.45) is 7.99. The number of nitrogens with one attached hydrogen (secondary N) is 2. The van der Waals surface area contributed by atoms with E-state index < -0.39 is 0 Å². The predicted octanol–water partition coefficient (Wildman–Crippen LogP) is 3.76. The molecule has 0 bridgehead atoms. The van der Waals surface area contributed by atoms with Gasteiger partial charge in [0.05, 0.1) is 0 Å². The second kappa shape index (κ2) is 8.81. The highest BCUT2D eigenvalue weighted by molar-refractivity contribution is 5.94. The van der Waals surface area contributed by atoms with Gasteiger partial charge in [-0.2, -0.15) is 0 Å². The molecule has 0 spiro atoms. The molecule has 1 aromatic carbocycles. The van der Waals surface area contributed by atoms with Gasteiger partial charge >= 0.3 is 0 Å². The number of hydrogen-bond donors (Lipinski definition) is 2. The van der Waals surface area contributed by atoms with Crippen LogP contribution in [-0.4, -0.2) is 33.6 Å². The lowest BCUT2D eigenvalue weighted by Crippen LogP contribution is -2.26. The number of amides is 1. The number of anilines is 2. The zero-order valence-corrected chi connectivity index (χ0v) is 17.3. The molecule has 31 heavy (non-hydrogen) atoms. The fourth-order valence-corrected chi connectivity index (χ4v) is 4.15. The molecule has 1 aliphatic carbocycles. The number of pyridine rings is 1. The molecule has 1 amide bonds. The van der Waals surface area contributed by atoms with Crippen LogP contribution in [0.15, 0.2) is 48.8 Å². The van der Waals surface area contributed by atoms with Crippen LogP contribution in [0.4, 0.5) is 11.5 Å². The van der Waals surface area contributed by atoms with Crippen LogP contribution < -0.4 is 10.6 Å². The standard InChI is InChI=1S/C24H25N5O2/c30-24(21-10-4-12-31-21)27-18-7-1-5-16(13-18)14-26-23-19-8-2-9-20(19)28-22(29-23)17-6-3-11-25-15-17/h1,3,5-7,11,13,15,21H,2,4,8-10,12,14H2,(H,27,30)(H,26,28,29). The highest BCUT2D eigenvalue weighted by Crippen LogP contribution is 2.29. The molecule has 2 aliphatic rings. The first-order valence-corrected chi connectivity index (χ1v) is 10.8. The van der Waals surface area contributed by atoms with Crippen LogP contribution in [0, 0.1) is 0 Å². The van der Waals surface area contributed by atoms with Crippen LogP contribution in [0.3, 0.4) is 0 Å². The topological polar surface area (TPSA) is 89.0 Å². The minimum Gasteiger partial charge on any atom is -0.368 e. The minimum absolute atomic E-state index is 0.0719. The summed E-state index contributed by atoms with van der Waals surface area (Å²) in [7, 11) is 0. The molecule has 0 saturated carbocycles. The highest BCUT2D eigenvalue weighted by Gasteiger charge is 2.23. The van der Waals surface area contributed by atoms with Gasteiger partial charge < -0.3 is 15.4 Å². The number of fused-ring (bicyclic) bond motifs is 1. The van der Waals surface area contributed by atoms with Gasteiger partial charge in [-0.15, -0.1) is 0 Å². The van der Waals surface area contributed by atoms with Gasteiger partial charge in [-0.05, 0) is 61.9 Å². The Hall–Kier alpha value is -3.32.